The van der Waals surface area contributed by atoms with Gasteiger partial charge in [-0.05, 0) is 61.4 Å². The Kier molecular flexibility index (Phi) is 8.20. The highest BCUT2D eigenvalue weighted by molar-refractivity contribution is 5.52. The summed E-state index contributed by atoms with van der Waals surface area (Å²) in [6.07, 6.45) is 15.0. The van der Waals surface area contributed by atoms with Crippen LogP contribution in [0.25, 0.3) is 6.08 Å². The molecule has 4 rings (SSSR count). The fourth-order valence-corrected chi connectivity index (χ4v) is 5.40. The Morgan fingerprint density at radius 2 is 1.69 bits per heavy atom. The number of halogens is 3. The van der Waals surface area contributed by atoms with Gasteiger partial charge in [0.1, 0.15) is 0 Å². The van der Waals surface area contributed by atoms with Crippen LogP contribution in [0.1, 0.15) is 80.2 Å². The molecular weight excluding hydrogens is 443 g/mol. The van der Waals surface area contributed by atoms with Crippen molar-refractivity contribution in [2.45, 2.75) is 71.0 Å². The maximum Gasteiger partial charge on any atom is 0.416 e. The molecule has 0 amide bonds. The van der Waals surface area contributed by atoms with Crippen molar-refractivity contribution < 1.29 is 13.2 Å². The van der Waals surface area contributed by atoms with E-state index in [0.29, 0.717) is 5.92 Å². The summed E-state index contributed by atoms with van der Waals surface area (Å²) in [6.45, 7) is 4.32. The number of hydrogen-bond acceptors (Lipinski definition) is 1. The number of allylic oxidation sites excluding steroid dienone is 3. The van der Waals surface area contributed by atoms with E-state index in [1.165, 1.54) is 61.1 Å². The second-order valence-electron chi connectivity index (χ2n) is 9.99. The summed E-state index contributed by atoms with van der Waals surface area (Å²) in [6, 6.07) is 14.5. The maximum atomic E-state index is 12.9. The van der Waals surface area contributed by atoms with Crippen molar-refractivity contribution in [3.05, 3.63) is 101 Å². The van der Waals surface area contributed by atoms with Crippen LogP contribution in [0.2, 0.25) is 0 Å². The monoisotopic (exact) mass is 479 g/mol. The van der Waals surface area contributed by atoms with Crippen LogP contribution in [0.5, 0.6) is 0 Å². The molecule has 0 bridgehead atoms. The molecule has 1 aliphatic heterocycles. The summed E-state index contributed by atoms with van der Waals surface area (Å²) in [5.74, 6) is 1.18. The molecule has 1 fully saturated rings. The zero-order valence-electron chi connectivity index (χ0n) is 20.8. The van der Waals surface area contributed by atoms with Crippen LogP contribution in [0, 0.1) is 18.8 Å². The molecule has 1 saturated carbocycles. The second kappa shape index (κ2) is 11.3. The third kappa shape index (κ3) is 6.48. The lowest BCUT2D eigenvalue weighted by Gasteiger charge is -2.32. The zero-order chi connectivity index (χ0) is 24.8. The molecule has 2 aromatic rings. The van der Waals surface area contributed by atoms with E-state index in [9.17, 15) is 13.2 Å². The molecule has 186 valence electrons. The summed E-state index contributed by atoms with van der Waals surface area (Å²) in [7, 11) is 0. The average Bonchev–Trinajstić information content (AvgIpc) is 3.50. The topological polar surface area (TPSA) is 3.24 Å². The fourth-order valence-electron chi connectivity index (χ4n) is 5.40. The number of alkyl halides is 3. The minimum Gasteiger partial charge on any atom is -0.344 e. The first-order valence-corrected chi connectivity index (χ1v) is 12.9. The fraction of sp³-hybridized carbons (Fsp3) is 0.419. The third-order valence-corrected chi connectivity index (χ3v) is 7.51. The normalized spacial score (nSPS) is 21.0. The minimum absolute atomic E-state index is 0.287. The maximum absolute atomic E-state index is 12.9. The van der Waals surface area contributed by atoms with E-state index < -0.39 is 11.7 Å². The molecule has 2 atom stereocenters. The predicted molar refractivity (Wildman–Crippen MR) is 138 cm³/mol. The molecule has 0 N–H and O–H groups in total. The van der Waals surface area contributed by atoms with Crippen LogP contribution in [0.3, 0.4) is 0 Å². The van der Waals surface area contributed by atoms with Crippen molar-refractivity contribution in [3.8, 4) is 0 Å². The van der Waals surface area contributed by atoms with Crippen LogP contribution in [0.4, 0.5) is 13.2 Å². The van der Waals surface area contributed by atoms with Crippen LogP contribution >= 0.6 is 0 Å². The number of hydrogen-bond donors (Lipinski definition) is 0. The van der Waals surface area contributed by atoms with E-state index in [-0.39, 0.29) is 6.04 Å². The number of aryl methyl sites for hydroxylation is 1. The van der Waals surface area contributed by atoms with Gasteiger partial charge in [0, 0.05) is 17.8 Å². The molecular formula is C31H36F3N. The van der Waals surface area contributed by atoms with Gasteiger partial charge >= 0.3 is 6.18 Å². The van der Waals surface area contributed by atoms with Gasteiger partial charge < -0.3 is 4.90 Å². The highest BCUT2D eigenvalue weighted by atomic mass is 19.4. The lowest BCUT2D eigenvalue weighted by Crippen LogP contribution is -2.23. The molecule has 2 aromatic carbocycles. The summed E-state index contributed by atoms with van der Waals surface area (Å²) < 4.78 is 38.6. The Morgan fingerprint density at radius 1 is 1.00 bits per heavy atom. The molecule has 1 aliphatic carbocycles. The van der Waals surface area contributed by atoms with E-state index in [1.54, 1.807) is 0 Å². The Hall–Kier alpha value is -2.75. The SMILES string of the molecule is CCC1C=CN(C(CCC2CCCC2)c2ccc(C)cc2)/C1=C/C=C/c1ccc(C(F)(F)F)cc1. The minimum atomic E-state index is -4.31. The zero-order valence-corrected chi connectivity index (χ0v) is 20.8. The highest BCUT2D eigenvalue weighted by Crippen LogP contribution is 2.40. The third-order valence-electron chi connectivity index (χ3n) is 7.51. The Morgan fingerprint density at radius 3 is 2.31 bits per heavy atom. The average molecular weight is 480 g/mol. The van der Waals surface area contributed by atoms with Crippen LogP contribution in [0.15, 0.2) is 78.7 Å². The van der Waals surface area contributed by atoms with Gasteiger partial charge in [-0.2, -0.15) is 13.2 Å². The van der Waals surface area contributed by atoms with Gasteiger partial charge in [0.2, 0.25) is 0 Å². The van der Waals surface area contributed by atoms with Gasteiger partial charge in [-0.3, -0.25) is 0 Å². The summed E-state index contributed by atoms with van der Waals surface area (Å²) >= 11 is 0. The van der Waals surface area contributed by atoms with Gasteiger partial charge in [-0.15, -0.1) is 0 Å². The van der Waals surface area contributed by atoms with Crippen LogP contribution in [-0.2, 0) is 6.18 Å². The first-order chi connectivity index (χ1) is 16.8. The Balaban J connectivity index is 1.56. The standard InChI is InChI=1S/C31H36F3N/c1-3-26-21-22-35(29(26)10-6-9-25-13-18-28(19-14-25)31(32,33)34)30(20-15-24-7-4-5-8-24)27-16-11-23(2)12-17-27/h6,9-14,16-19,21-22,24,26,30H,3-5,7-8,15,20H2,1-2H3/b9-6+,29-10+. The van der Waals surface area contributed by atoms with Crippen molar-refractivity contribution >= 4 is 6.08 Å². The number of rotatable bonds is 8. The van der Waals surface area contributed by atoms with E-state index in [1.807, 2.05) is 12.2 Å². The van der Waals surface area contributed by atoms with Crippen molar-refractivity contribution in [2.75, 3.05) is 0 Å². The number of benzene rings is 2. The second-order valence-corrected chi connectivity index (χ2v) is 9.99. The molecule has 1 heterocycles. The van der Waals surface area contributed by atoms with E-state index in [0.717, 1.165) is 36.5 Å². The van der Waals surface area contributed by atoms with Crippen molar-refractivity contribution in [2.24, 2.45) is 11.8 Å². The van der Waals surface area contributed by atoms with E-state index in [4.69, 9.17) is 0 Å². The van der Waals surface area contributed by atoms with Crippen molar-refractivity contribution in [1.29, 1.82) is 0 Å². The largest absolute Gasteiger partial charge is 0.416 e. The van der Waals surface area contributed by atoms with E-state index >= 15 is 0 Å². The van der Waals surface area contributed by atoms with Gasteiger partial charge in [0.15, 0.2) is 0 Å². The molecule has 0 spiro atoms. The molecule has 0 saturated heterocycles. The van der Waals surface area contributed by atoms with Gasteiger partial charge in [0.25, 0.3) is 0 Å². The van der Waals surface area contributed by atoms with E-state index in [2.05, 4.69) is 61.4 Å². The lowest BCUT2D eigenvalue weighted by atomic mass is 9.92. The first kappa shape index (κ1) is 25.3. The molecule has 35 heavy (non-hydrogen) atoms. The lowest BCUT2D eigenvalue weighted by molar-refractivity contribution is -0.137. The molecule has 2 aliphatic rings. The molecule has 1 nitrogen and oxygen atoms in total. The smallest absolute Gasteiger partial charge is 0.344 e. The highest BCUT2D eigenvalue weighted by Gasteiger charge is 2.30. The summed E-state index contributed by atoms with van der Waals surface area (Å²) in [5.41, 5.74) is 4.01. The van der Waals surface area contributed by atoms with Gasteiger partial charge in [-0.25, -0.2) is 0 Å². The van der Waals surface area contributed by atoms with Crippen molar-refractivity contribution in [3.63, 3.8) is 0 Å². The quantitative estimate of drug-likeness (QED) is 0.364. The molecule has 4 heteroatoms. The summed E-state index contributed by atoms with van der Waals surface area (Å²) in [4.78, 5) is 2.44. The van der Waals surface area contributed by atoms with Crippen molar-refractivity contribution in [1.82, 2.24) is 4.90 Å². The number of nitrogens with zero attached hydrogens (tertiary/aromatic N) is 1. The summed E-state index contributed by atoms with van der Waals surface area (Å²) in [5, 5.41) is 0. The van der Waals surface area contributed by atoms with Gasteiger partial charge in [0.05, 0.1) is 11.6 Å². The molecule has 0 radical (unpaired) electrons. The predicted octanol–water partition coefficient (Wildman–Crippen LogP) is 9.48. The molecule has 0 aromatic heterocycles. The molecule has 2 unspecified atom stereocenters. The Bertz CT molecular complexity index is 1040. The Labute approximate surface area is 208 Å². The van der Waals surface area contributed by atoms with Crippen LogP contribution < -0.4 is 0 Å². The first-order valence-electron chi connectivity index (χ1n) is 12.9. The van der Waals surface area contributed by atoms with Gasteiger partial charge in [-0.1, -0.05) is 92.8 Å². The van der Waals surface area contributed by atoms with Crippen LogP contribution in [-0.4, -0.2) is 4.90 Å².